The van der Waals surface area contributed by atoms with Gasteiger partial charge in [0.2, 0.25) is 0 Å². The molecule has 0 aliphatic rings. The van der Waals surface area contributed by atoms with Crippen LogP contribution in [0.2, 0.25) is 0 Å². The number of aromatic nitrogens is 1. The maximum atomic E-state index is 12.2. The summed E-state index contributed by atoms with van der Waals surface area (Å²) in [6.45, 7) is 2.95. The van der Waals surface area contributed by atoms with Crippen LogP contribution >= 0.6 is 24.0 Å². The summed E-state index contributed by atoms with van der Waals surface area (Å²) in [5.74, 6) is 1.32. The average Bonchev–Trinajstić information content (AvgIpc) is 2.80. The second-order valence-corrected chi connectivity index (χ2v) is 5.62. The molecule has 0 amide bonds. The van der Waals surface area contributed by atoms with E-state index in [1.807, 2.05) is 28.3 Å². The molecule has 0 fully saturated rings. The average molecular weight is 267 g/mol. The SMILES string of the molecule is CCCC(CS)Cn1ccc2sccc2c1=O. The van der Waals surface area contributed by atoms with Crippen molar-refractivity contribution < 1.29 is 0 Å². The van der Waals surface area contributed by atoms with Crippen molar-refractivity contribution in [3.05, 3.63) is 34.1 Å². The number of thiophene rings is 1. The minimum absolute atomic E-state index is 0.131. The van der Waals surface area contributed by atoms with E-state index in [4.69, 9.17) is 0 Å². The molecule has 0 aromatic carbocycles. The van der Waals surface area contributed by atoms with Crippen molar-refractivity contribution in [2.45, 2.75) is 26.3 Å². The fourth-order valence-electron chi connectivity index (χ4n) is 2.08. The van der Waals surface area contributed by atoms with E-state index >= 15 is 0 Å². The number of fused-ring (bicyclic) bond motifs is 1. The maximum Gasteiger partial charge on any atom is 0.259 e. The van der Waals surface area contributed by atoms with Gasteiger partial charge in [-0.25, -0.2) is 0 Å². The second kappa shape index (κ2) is 5.74. The Morgan fingerprint density at radius 1 is 1.47 bits per heavy atom. The van der Waals surface area contributed by atoms with Crippen LogP contribution in [0.15, 0.2) is 28.5 Å². The Morgan fingerprint density at radius 2 is 2.29 bits per heavy atom. The Labute approximate surface area is 111 Å². The van der Waals surface area contributed by atoms with E-state index in [-0.39, 0.29) is 5.56 Å². The molecule has 0 saturated carbocycles. The zero-order valence-corrected chi connectivity index (χ0v) is 11.6. The number of nitrogens with zero attached hydrogens (tertiary/aromatic N) is 1. The highest BCUT2D eigenvalue weighted by molar-refractivity contribution is 7.80. The zero-order chi connectivity index (χ0) is 12.3. The van der Waals surface area contributed by atoms with Crippen molar-refractivity contribution in [1.82, 2.24) is 4.57 Å². The predicted octanol–water partition coefficient (Wildman–Crippen LogP) is 3.41. The molecule has 17 heavy (non-hydrogen) atoms. The Hall–Kier alpha value is -0.740. The van der Waals surface area contributed by atoms with Crippen molar-refractivity contribution in [2.75, 3.05) is 5.75 Å². The third-order valence-electron chi connectivity index (χ3n) is 3.00. The predicted molar refractivity (Wildman–Crippen MR) is 78.3 cm³/mol. The van der Waals surface area contributed by atoms with Gasteiger partial charge < -0.3 is 4.57 Å². The van der Waals surface area contributed by atoms with Gasteiger partial charge in [-0.2, -0.15) is 12.6 Å². The molecule has 2 aromatic heterocycles. The van der Waals surface area contributed by atoms with Crippen molar-refractivity contribution in [1.29, 1.82) is 0 Å². The number of hydrogen-bond acceptors (Lipinski definition) is 3. The van der Waals surface area contributed by atoms with Gasteiger partial charge >= 0.3 is 0 Å². The molecule has 4 heteroatoms. The molecular weight excluding hydrogens is 250 g/mol. The molecule has 2 nitrogen and oxygen atoms in total. The van der Waals surface area contributed by atoms with Crippen molar-refractivity contribution in [3.63, 3.8) is 0 Å². The third kappa shape index (κ3) is 2.75. The topological polar surface area (TPSA) is 22.0 Å². The molecule has 92 valence electrons. The van der Waals surface area contributed by atoms with Gasteiger partial charge in [0, 0.05) is 17.4 Å². The molecule has 0 radical (unpaired) electrons. The summed E-state index contributed by atoms with van der Waals surface area (Å²) in [6.07, 6.45) is 4.17. The number of rotatable bonds is 5. The summed E-state index contributed by atoms with van der Waals surface area (Å²) >= 11 is 5.98. The molecule has 0 N–H and O–H groups in total. The van der Waals surface area contributed by atoms with Crippen LogP contribution in [-0.4, -0.2) is 10.3 Å². The van der Waals surface area contributed by atoms with E-state index in [0.29, 0.717) is 5.92 Å². The maximum absolute atomic E-state index is 12.2. The first kappa shape index (κ1) is 12.7. The van der Waals surface area contributed by atoms with Crippen LogP contribution in [0.5, 0.6) is 0 Å². The minimum Gasteiger partial charge on any atom is -0.315 e. The van der Waals surface area contributed by atoms with E-state index in [9.17, 15) is 4.79 Å². The van der Waals surface area contributed by atoms with Crippen molar-refractivity contribution in [3.8, 4) is 0 Å². The van der Waals surface area contributed by atoms with Gasteiger partial charge in [0.15, 0.2) is 0 Å². The fraction of sp³-hybridized carbons (Fsp3) is 0.462. The quantitative estimate of drug-likeness (QED) is 0.824. The van der Waals surface area contributed by atoms with Gasteiger partial charge in [0.1, 0.15) is 0 Å². The molecule has 2 aromatic rings. The lowest BCUT2D eigenvalue weighted by atomic mass is 10.1. The third-order valence-corrected chi connectivity index (χ3v) is 4.40. The zero-order valence-electron chi connectivity index (χ0n) is 9.93. The van der Waals surface area contributed by atoms with E-state index in [2.05, 4.69) is 19.6 Å². The van der Waals surface area contributed by atoms with Crippen LogP contribution in [0, 0.1) is 5.92 Å². The molecule has 2 rings (SSSR count). The molecule has 0 aliphatic heterocycles. The molecule has 2 heterocycles. The number of thiol groups is 1. The van der Waals surface area contributed by atoms with Gasteiger partial charge in [0.25, 0.3) is 5.56 Å². The van der Waals surface area contributed by atoms with Gasteiger partial charge in [-0.3, -0.25) is 4.79 Å². The molecule has 0 saturated heterocycles. The molecular formula is C13H17NOS2. The van der Waals surface area contributed by atoms with E-state index < -0.39 is 0 Å². The van der Waals surface area contributed by atoms with Crippen molar-refractivity contribution in [2.24, 2.45) is 5.92 Å². The normalized spacial score (nSPS) is 13.1. The largest absolute Gasteiger partial charge is 0.315 e. The van der Waals surface area contributed by atoms with Gasteiger partial charge in [0.05, 0.1) is 5.39 Å². The van der Waals surface area contributed by atoms with Crippen LogP contribution in [-0.2, 0) is 6.54 Å². The minimum atomic E-state index is 0.131. The first-order valence-corrected chi connectivity index (χ1v) is 7.45. The highest BCUT2D eigenvalue weighted by Crippen LogP contribution is 2.17. The molecule has 1 atom stereocenters. The summed E-state index contributed by atoms with van der Waals surface area (Å²) in [5, 5.41) is 2.81. The van der Waals surface area contributed by atoms with Gasteiger partial charge in [-0.05, 0) is 35.6 Å². The molecule has 0 aliphatic carbocycles. The standard InChI is InChI=1S/C13H17NOS2/c1-2-3-10(9-16)8-14-6-4-12-11(13(14)15)5-7-17-12/h4-7,10,16H,2-3,8-9H2,1H3. The molecule has 0 bridgehead atoms. The van der Waals surface area contributed by atoms with Crippen LogP contribution in [0.1, 0.15) is 19.8 Å². The molecule has 1 unspecified atom stereocenters. The van der Waals surface area contributed by atoms with Crippen LogP contribution < -0.4 is 5.56 Å². The fourth-order valence-corrected chi connectivity index (χ4v) is 3.15. The summed E-state index contributed by atoms with van der Waals surface area (Å²) in [5.41, 5.74) is 0.131. The number of pyridine rings is 1. The highest BCUT2D eigenvalue weighted by atomic mass is 32.1. The Bertz CT molecular complexity index is 544. The van der Waals surface area contributed by atoms with E-state index in [1.54, 1.807) is 11.3 Å². The number of hydrogen-bond donors (Lipinski definition) is 1. The van der Waals surface area contributed by atoms with Crippen LogP contribution in [0.4, 0.5) is 0 Å². The Morgan fingerprint density at radius 3 is 3.00 bits per heavy atom. The smallest absolute Gasteiger partial charge is 0.259 e. The summed E-state index contributed by atoms with van der Waals surface area (Å²) in [6, 6.07) is 3.94. The van der Waals surface area contributed by atoms with Crippen molar-refractivity contribution >= 4 is 34.1 Å². The second-order valence-electron chi connectivity index (χ2n) is 4.31. The highest BCUT2D eigenvalue weighted by Gasteiger charge is 2.09. The first-order valence-electron chi connectivity index (χ1n) is 5.93. The monoisotopic (exact) mass is 267 g/mol. The lowest BCUT2D eigenvalue weighted by Gasteiger charge is -2.15. The lowest BCUT2D eigenvalue weighted by molar-refractivity contribution is 0.447. The Balaban J connectivity index is 2.29. The summed E-state index contributed by atoms with van der Waals surface area (Å²) in [4.78, 5) is 12.2. The Kier molecular flexibility index (Phi) is 4.29. The first-order chi connectivity index (χ1) is 8.26. The summed E-state index contributed by atoms with van der Waals surface area (Å²) in [7, 11) is 0. The summed E-state index contributed by atoms with van der Waals surface area (Å²) < 4.78 is 2.90. The van der Waals surface area contributed by atoms with Crippen LogP contribution in [0.25, 0.3) is 10.1 Å². The molecule has 0 spiro atoms. The van der Waals surface area contributed by atoms with E-state index in [0.717, 1.165) is 35.2 Å². The van der Waals surface area contributed by atoms with Gasteiger partial charge in [-0.15, -0.1) is 11.3 Å². The van der Waals surface area contributed by atoms with Gasteiger partial charge in [-0.1, -0.05) is 13.3 Å². The van der Waals surface area contributed by atoms with Crippen LogP contribution in [0.3, 0.4) is 0 Å². The lowest BCUT2D eigenvalue weighted by Crippen LogP contribution is -2.24. The van der Waals surface area contributed by atoms with E-state index in [1.165, 1.54) is 0 Å².